The molecule has 1 aliphatic carbocycles. The summed E-state index contributed by atoms with van der Waals surface area (Å²) in [5, 5.41) is 17.0. The van der Waals surface area contributed by atoms with E-state index in [1.54, 1.807) is 29.5 Å². The maximum absolute atomic E-state index is 14.2. The first kappa shape index (κ1) is 20.8. The van der Waals surface area contributed by atoms with Crippen LogP contribution in [0.25, 0.3) is 20.8 Å². The maximum Gasteiger partial charge on any atom is 0.229 e. The molecule has 6 nitrogen and oxygen atoms in total. The van der Waals surface area contributed by atoms with E-state index in [-0.39, 0.29) is 18.5 Å². The fourth-order valence-electron chi connectivity index (χ4n) is 4.22. The number of aromatic nitrogens is 3. The van der Waals surface area contributed by atoms with Gasteiger partial charge in [0.05, 0.1) is 27.2 Å². The number of benzene rings is 2. The molecule has 2 unspecified atom stereocenters. The third-order valence-corrected chi connectivity index (χ3v) is 6.91. The van der Waals surface area contributed by atoms with Gasteiger partial charge in [0.1, 0.15) is 16.6 Å². The number of thiazole rings is 1. The van der Waals surface area contributed by atoms with Crippen molar-refractivity contribution in [3.63, 3.8) is 0 Å². The van der Waals surface area contributed by atoms with Crippen molar-refractivity contribution in [2.75, 3.05) is 17.2 Å². The second kappa shape index (κ2) is 8.80. The Balaban J connectivity index is 1.55. The molecule has 8 heteroatoms. The minimum absolute atomic E-state index is 0.200. The SMILES string of the molecule is Cc1nc(Nc2ccccc2F)nc(NC2CCC(CO)C2)c1-c1nc2ccccc2s1. The third-order valence-electron chi connectivity index (χ3n) is 5.86. The molecule has 0 bridgehead atoms. The van der Waals surface area contributed by atoms with Crippen LogP contribution in [0.15, 0.2) is 48.5 Å². The molecule has 0 amide bonds. The first-order valence-electron chi connectivity index (χ1n) is 10.7. The van der Waals surface area contributed by atoms with Crippen LogP contribution < -0.4 is 10.6 Å². The van der Waals surface area contributed by atoms with Gasteiger partial charge in [0.25, 0.3) is 0 Å². The number of nitrogens with one attached hydrogen (secondary N) is 2. The van der Waals surface area contributed by atoms with E-state index in [2.05, 4.69) is 21.7 Å². The van der Waals surface area contributed by atoms with Crippen LogP contribution in [-0.2, 0) is 0 Å². The zero-order valence-corrected chi connectivity index (χ0v) is 18.5. The zero-order valence-electron chi connectivity index (χ0n) is 17.7. The van der Waals surface area contributed by atoms with E-state index in [0.717, 1.165) is 45.7 Å². The van der Waals surface area contributed by atoms with Crippen LogP contribution in [0.5, 0.6) is 0 Å². The van der Waals surface area contributed by atoms with Gasteiger partial charge in [0.2, 0.25) is 5.95 Å². The highest BCUT2D eigenvalue weighted by Crippen LogP contribution is 2.38. The first-order chi connectivity index (χ1) is 15.6. The Morgan fingerprint density at radius 3 is 2.66 bits per heavy atom. The van der Waals surface area contributed by atoms with E-state index in [4.69, 9.17) is 9.97 Å². The molecule has 1 fully saturated rings. The number of anilines is 3. The van der Waals surface area contributed by atoms with Gasteiger partial charge in [-0.1, -0.05) is 24.3 Å². The molecule has 3 N–H and O–H groups in total. The zero-order chi connectivity index (χ0) is 22.1. The van der Waals surface area contributed by atoms with Crippen LogP contribution in [-0.4, -0.2) is 32.7 Å². The van der Waals surface area contributed by atoms with Crippen LogP contribution in [0, 0.1) is 18.7 Å². The summed E-state index contributed by atoms with van der Waals surface area (Å²) >= 11 is 1.60. The lowest BCUT2D eigenvalue weighted by atomic mass is 10.1. The molecule has 0 saturated heterocycles. The van der Waals surface area contributed by atoms with E-state index < -0.39 is 0 Å². The van der Waals surface area contributed by atoms with Crippen LogP contribution in [0.2, 0.25) is 0 Å². The van der Waals surface area contributed by atoms with Gasteiger partial charge in [-0.15, -0.1) is 11.3 Å². The quantitative estimate of drug-likeness (QED) is 0.360. The summed E-state index contributed by atoms with van der Waals surface area (Å²) in [6, 6.07) is 14.7. The van der Waals surface area contributed by atoms with E-state index in [1.807, 2.05) is 25.1 Å². The molecule has 0 radical (unpaired) electrons. The average Bonchev–Trinajstić information content (AvgIpc) is 3.41. The van der Waals surface area contributed by atoms with E-state index in [0.29, 0.717) is 23.4 Å². The Bertz CT molecular complexity index is 1230. The molecule has 1 saturated carbocycles. The van der Waals surface area contributed by atoms with Crippen molar-refractivity contribution in [2.45, 2.75) is 32.2 Å². The topological polar surface area (TPSA) is 83.0 Å². The number of fused-ring (bicyclic) bond motifs is 1. The highest BCUT2D eigenvalue weighted by Gasteiger charge is 2.26. The Labute approximate surface area is 189 Å². The molecule has 5 rings (SSSR count). The van der Waals surface area contributed by atoms with Gasteiger partial charge in [-0.2, -0.15) is 4.98 Å². The molecule has 2 aromatic heterocycles. The Hall–Kier alpha value is -3.10. The second-order valence-corrected chi connectivity index (χ2v) is 9.18. The molecule has 2 heterocycles. The summed E-state index contributed by atoms with van der Waals surface area (Å²) in [5.41, 5.74) is 2.88. The van der Waals surface area contributed by atoms with Gasteiger partial charge in [-0.05, 0) is 56.4 Å². The highest BCUT2D eigenvalue weighted by atomic mass is 32.1. The van der Waals surface area contributed by atoms with E-state index >= 15 is 0 Å². The number of rotatable bonds is 6. The van der Waals surface area contributed by atoms with Gasteiger partial charge >= 0.3 is 0 Å². The van der Waals surface area contributed by atoms with Crippen LogP contribution >= 0.6 is 11.3 Å². The van der Waals surface area contributed by atoms with Gasteiger partial charge in [0, 0.05) is 12.6 Å². The Morgan fingerprint density at radius 1 is 1.06 bits per heavy atom. The Morgan fingerprint density at radius 2 is 1.88 bits per heavy atom. The summed E-state index contributed by atoms with van der Waals surface area (Å²) in [4.78, 5) is 14.2. The summed E-state index contributed by atoms with van der Waals surface area (Å²) < 4.78 is 15.3. The molecular formula is C24H24FN5OS. The molecule has 2 atom stereocenters. The van der Waals surface area contributed by atoms with Crippen LogP contribution in [0.4, 0.5) is 21.8 Å². The number of para-hydroxylation sites is 2. The maximum atomic E-state index is 14.2. The number of nitrogens with zero attached hydrogens (tertiary/aromatic N) is 3. The normalized spacial score (nSPS) is 18.2. The number of halogens is 1. The van der Waals surface area contributed by atoms with Gasteiger partial charge in [0.15, 0.2) is 0 Å². The van der Waals surface area contributed by atoms with Crippen molar-refractivity contribution >= 4 is 39.0 Å². The summed E-state index contributed by atoms with van der Waals surface area (Å²) in [7, 11) is 0. The van der Waals surface area contributed by atoms with Gasteiger partial charge in [-0.25, -0.2) is 14.4 Å². The lowest BCUT2D eigenvalue weighted by molar-refractivity contribution is 0.229. The smallest absolute Gasteiger partial charge is 0.229 e. The minimum atomic E-state index is -0.361. The van der Waals surface area contributed by atoms with Crippen molar-refractivity contribution in [1.29, 1.82) is 0 Å². The number of hydrogen-bond acceptors (Lipinski definition) is 7. The number of aryl methyl sites for hydroxylation is 1. The van der Waals surface area contributed by atoms with Crippen molar-refractivity contribution in [3.8, 4) is 10.6 Å². The first-order valence-corrected chi connectivity index (χ1v) is 11.6. The fraction of sp³-hybridized carbons (Fsp3) is 0.292. The molecule has 0 spiro atoms. The predicted molar refractivity (Wildman–Crippen MR) is 127 cm³/mol. The monoisotopic (exact) mass is 449 g/mol. The van der Waals surface area contributed by atoms with Gasteiger partial charge < -0.3 is 15.7 Å². The lowest BCUT2D eigenvalue weighted by Crippen LogP contribution is -2.19. The van der Waals surface area contributed by atoms with Crippen molar-refractivity contribution < 1.29 is 9.50 Å². The largest absolute Gasteiger partial charge is 0.396 e. The summed E-state index contributed by atoms with van der Waals surface area (Å²) in [6.45, 7) is 2.12. The molecule has 32 heavy (non-hydrogen) atoms. The Kier molecular flexibility index (Phi) is 5.71. The van der Waals surface area contributed by atoms with Crippen LogP contribution in [0.1, 0.15) is 25.0 Å². The molecule has 4 aromatic rings. The van der Waals surface area contributed by atoms with Crippen molar-refractivity contribution in [1.82, 2.24) is 15.0 Å². The number of aliphatic hydroxyl groups excluding tert-OH is 1. The minimum Gasteiger partial charge on any atom is -0.396 e. The number of hydrogen-bond donors (Lipinski definition) is 3. The van der Waals surface area contributed by atoms with Crippen LogP contribution in [0.3, 0.4) is 0 Å². The second-order valence-electron chi connectivity index (χ2n) is 8.15. The molecule has 0 aliphatic heterocycles. The fourth-order valence-corrected chi connectivity index (χ4v) is 5.28. The van der Waals surface area contributed by atoms with Gasteiger partial charge in [-0.3, -0.25) is 0 Å². The molecule has 164 valence electrons. The van der Waals surface area contributed by atoms with Crippen molar-refractivity contribution in [3.05, 3.63) is 60.0 Å². The third kappa shape index (κ3) is 4.16. The van der Waals surface area contributed by atoms with E-state index in [1.165, 1.54) is 6.07 Å². The summed E-state index contributed by atoms with van der Waals surface area (Å²) in [6.07, 6.45) is 2.83. The predicted octanol–water partition coefficient (Wildman–Crippen LogP) is 5.52. The molecule has 1 aliphatic rings. The van der Waals surface area contributed by atoms with E-state index in [9.17, 15) is 9.50 Å². The summed E-state index contributed by atoms with van der Waals surface area (Å²) in [5.74, 6) is 0.952. The average molecular weight is 450 g/mol. The highest BCUT2D eigenvalue weighted by molar-refractivity contribution is 7.21. The molecule has 2 aromatic carbocycles. The molecular weight excluding hydrogens is 425 g/mol. The number of aliphatic hydroxyl groups is 1. The lowest BCUT2D eigenvalue weighted by Gasteiger charge is -2.18. The standard InChI is InChI=1S/C24H24FN5OS/c1-14-21(23-28-19-8-4-5-9-20(19)32-23)22(27-16-11-10-15(12-16)13-31)30-24(26-14)29-18-7-3-2-6-17(18)25/h2-9,15-16,31H,10-13H2,1H3,(H2,26,27,29,30). The van der Waals surface area contributed by atoms with Crippen molar-refractivity contribution in [2.24, 2.45) is 5.92 Å².